The van der Waals surface area contributed by atoms with Crippen molar-refractivity contribution in [2.75, 3.05) is 10.8 Å². The summed E-state index contributed by atoms with van der Waals surface area (Å²) in [7, 11) is -3.84. The van der Waals surface area contributed by atoms with Gasteiger partial charge in [-0.3, -0.25) is 13.9 Å². The number of rotatable bonds is 4. The maximum absolute atomic E-state index is 13.4. The minimum Gasteiger partial charge on any atom is -0.360 e. The van der Waals surface area contributed by atoms with Gasteiger partial charge in [0.05, 0.1) is 10.6 Å². The number of carbonyl (C=O) groups is 1. The van der Waals surface area contributed by atoms with Crippen LogP contribution in [0.3, 0.4) is 0 Å². The molecule has 0 unspecified atom stereocenters. The molecule has 1 amide bonds. The van der Waals surface area contributed by atoms with Crippen molar-refractivity contribution >= 4 is 32.5 Å². The fourth-order valence-electron chi connectivity index (χ4n) is 4.72. The second-order valence-electron chi connectivity index (χ2n) is 8.50. The first-order valence-corrected chi connectivity index (χ1v) is 12.5. The van der Waals surface area contributed by atoms with E-state index in [1.165, 1.54) is 29.1 Å². The third-order valence-electron chi connectivity index (χ3n) is 6.47. The smallest absolute Gasteiger partial charge is 0.264 e. The molecule has 1 fully saturated rings. The topological polar surface area (TPSA) is 99.3 Å². The molecule has 8 heteroatoms. The summed E-state index contributed by atoms with van der Waals surface area (Å²) in [5.74, 6) is -0.415. The Hall–Kier alpha value is -3.13. The number of carbonyl (C=O) groups excluding carboxylic acids is 1. The predicted molar refractivity (Wildman–Crippen MR) is 124 cm³/mol. The maximum Gasteiger partial charge on any atom is 0.264 e. The van der Waals surface area contributed by atoms with Crippen molar-refractivity contribution in [3.05, 3.63) is 70.0 Å². The van der Waals surface area contributed by atoms with Gasteiger partial charge in [-0.25, -0.2) is 8.42 Å². The Bertz CT molecular complexity index is 1360. The predicted octanol–water partition coefficient (Wildman–Crippen LogP) is 3.34. The van der Waals surface area contributed by atoms with Gasteiger partial charge >= 0.3 is 0 Å². The van der Waals surface area contributed by atoms with Crippen LogP contribution in [0.5, 0.6) is 0 Å². The lowest BCUT2D eigenvalue weighted by Crippen LogP contribution is -2.38. The van der Waals surface area contributed by atoms with Crippen molar-refractivity contribution < 1.29 is 13.2 Å². The van der Waals surface area contributed by atoms with Gasteiger partial charge < -0.3 is 10.3 Å². The highest BCUT2D eigenvalue weighted by Gasteiger charge is 2.31. The van der Waals surface area contributed by atoms with Crippen molar-refractivity contribution in [1.82, 2.24) is 10.3 Å². The number of H-pyrrole nitrogens is 1. The summed E-state index contributed by atoms with van der Waals surface area (Å²) in [5.41, 5.74) is 1.68. The standard InChI is InChI=1S/C24H25N3O4S/c28-23-19-14-18(32(30,31)27-13-12-16-6-4-5-9-22(16)27)10-11-21(19)25-15-20(23)24(29)26-17-7-2-1-3-8-17/h4-6,9-11,14-15,17H,1-3,7-8,12-13H2,(H,25,28)(H,26,29). The first-order valence-electron chi connectivity index (χ1n) is 11.0. The monoisotopic (exact) mass is 451 g/mol. The number of sulfonamides is 1. The van der Waals surface area contributed by atoms with Crippen molar-refractivity contribution in [2.24, 2.45) is 0 Å². The molecule has 0 atom stereocenters. The lowest BCUT2D eigenvalue weighted by atomic mass is 9.95. The SMILES string of the molecule is O=C(NC1CCCCC1)c1c[nH]c2ccc(S(=O)(=O)N3CCc4ccccc43)cc2c1=O. The first kappa shape index (κ1) is 20.8. The number of hydrogen-bond donors (Lipinski definition) is 2. The number of aromatic amines is 1. The number of aromatic nitrogens is 1. The molecular weight excluding hydrogens is 426 g/mol. The van der Waals surface area contributed by atoms with Crippen LogP contribution in [0, 0.1) is 0 Å². The summed E-state index contributed by atoms with van der Waals surface area (Å²) >= 11 is 0. The third kappa shape index (κ3) is 3.58. The Morgan fingerprint density at radius 2 is 1.84 bits per heavy atom. The zero-order chi connectivity index (χ0) is 22.3. The van der Waals surface area contributed by atoms with Crippen LogP contribution in [0.4, 0.5) is 5.69 Å². The second kappa shape index (κ2) is 8.09. The Balaban J connectivity index is 1.50. The number of para-hydroxylation sites is 1. The number of fused-ring (bicyclic) bond motifs is 2. The number of anilines is 1. The number of amides is 1. The van der Waals surface area contributed by atoms with Gasteiger partial charge in [-0.05, 0) is 49.1 Å². The zero-order valence-corrected chi connectivity index (χ0v) is 18.5. The highest BCUT2D eigenvalue weighted by atomic mass is 32.2. The molecule has 7 nitrogen and oxygen atoms in total. The Kier molecular flexibility index (Phi) is 5.25. The highest BCUT2D eigenvalue weighted by Crippen LogP contribution is 2.33. The number of benzene rings is 2. The fourth-order valence-corrected chi connectivity index (χ4v) is 6.25. The van der Waals surface area contributed by atoms with Gasteiger partial charge in [0, 0.05) is 29.7 Å². The molecule has 3 aromatic rings. The van der Waals surface area contributed by atoms with E-state index in [-0.39, 0.29) is 21.9 Å². The normalized spacial score (nSPS) is 16.8. The van der Waals surface area contributed by atoms with Crippen LogP contribution in [-0.4, -0.2) is 31.9 Å². The van der Waals surface area contributed by atoms with E-state index >= 15 is 0 Å². The van der Waals surface area contributed by atoms with Crippen LogP contribution in [-0.2, 0) is 16.4 Å². The molecular formula is C24H25N3O4S. The van der Waals surface area contributed by atoms with E-state index < -0.39 is 21.4 Å². The summed E-state index contributed by atoms with van der Waals surface area (Å²) in [5, 5.41) is 3.15. The molecule has 2 aromatic carbocycles. The summed E-state index contributed by atoms with van der Waals surface area (Å²) < 4.78 is 28.1. The van der Waals surface area contributed by atoms with Crippen molar-refractivity contribution in [3.63, 3.8) is 0 Å². The minimum atomic E-state index is -3.84. The second-order valence-corrected chi connectivity index (χ2v) is 10.4. The Morgan fingerprint density at radius 3 is 2.66 bits per heavy atom. The lowest BCUT2D eigenvalue weighted by Gasteiger charge is -2.22. The van der Waals surface area contributed by atoms with E-state index in [4.69, 9.17) is 0 Å². The minimum absolute atomic E-state index is 0.00383. The van der Waals surface area contributed by atoms with Gasteiger partial charge in [-0.2, -0.15) is 0 Å². The summed E-state index contributed by atoms with van der Waals surface area (Å²) in [6.07, 6.45) is 7.19. The number of hydrogen-bond acceptors (Lipinski definition) is 4. The molecule has 2 aliphatic rings. The van der Waals surface area contributed by atoms with Crippen LogP contribution in [0.15, 0.2) is 58.4 Å². The average Bonchev–Trinajstić information content (AvgIpc) is 3.25. The molecule has 5 rings (SSSR count). The van der Waals surface area contributed by atoms with Crippen LogP contribution < -0.4 is 15.1 Å². The molecule has 166 valence electrons. The van der Waals surface area contributed by atoms with E-state index in [9.17, 15) is 18.0 Å². The summed E-state index contributed by atoms with van der Waals surface area (Å²) in [6, 6.07) is 12.0. The van der Waals surface area contributed by atoms with E-state index in [1.807, 2.05) is 18.2 Å². The largest absolute Gasteiger partial charge is 0.360 e. The van der Waals surface area contributed by atoms with E-state index in [1.54, 1.807) is 12.1 Å². The van der Waals surface area contributed by atoms with E-state index in [0.717, 1.165) is 31.2 Å². The molecule has 1 aliphatic carbocycles. The molecule has 1 aromatic heterocycles. The van der Waals surface area contributed by atoms with Crippen LogP contribution in [0.2, 0.25) is 0 Å². The zero-order valence-electron chi connectivity index (χ0n) is 17.6. The van der Waals surface area contributed by atoms with Gasteiger partial charge in [0.1, 0.15) is 5.56 Å². The highest BCUT2D eigenvalue weighted by molar-refractivity contribution is 7.92. The molecule has 2 N–H and O–H groups in total. The van der Waals surface area contributed by atoms with Crippen LogP contribution >= 0.6 is 0 Å². The molecule has 0 radical (unpaired) electrons. The third-order valence-corrected chi connectivity index (χ3v) is 8.28. The van der Waals surface area contributed by atoms with Gasteiger partial charge in [-0.1, -0.05) is 37.5 Å². The molecule has 1 aliphatic heterocycles. The molecule has 1 saturated carbocycles. The summed E-state index contributed by atoms with van der Waals surface area (Å²) in [6.45, 7) is 0.361. The van der Waals surface area contributed by atoms with Gasteiger partial charge in [0.25, 0.3) is 15.9 Å². The quantitative estimate of drug-likeness (QED) is 0.635. The van der Waals surface area contributed by atoms with E-state index in [2.05, 4.69) is 10.3 Å². The lowest BCUT2D eigenvalue weighted by molar-refractivity contribution is 0.0926. The molecule has 0 saturated heterocycles. The van der Waals surface area contributed by atoms with Crippen molar-refractivity contribution in [3.8, 4) is 0 Å². The first-order chi connectivity index (χ1) is 15.4. The fraction of sp³-hybridized carbons (Fsp3) is 0.333. The van der Waals surface area contributed by atoms with Gasteiger partial charge in [0.2, 0.25) is 5.43 Å². The summed E-state index contributed by atoms with van der Waals surface area (Å²) in [4.78, 5) is 28.9. The van der Waals surface area contributed by atoms with Gasteiger partial charge in [0.15, 0.2) is 0 Å². The average molecular weight is 452 g/mol. The Morgan fingerprint density at radius 1 is 1.06 bits per heavy atom. The number of nitrogens with zero attached hydrogens (tertiary/aromatic N) is 1. The maximum atomic E-state index is 13.4. The van der Waals surface area contributed by atoms with E-state index in [0.29, 0.717) is 24.2 Å². The molecule has 32 heavy (non-hydrogen) atoms. The van der Waals surface area contributed by atoms with Crippen LogP contribution in [0.1, 0.15) is 48.0 Å². The molecule has 2 heterocycles. The van der Waals surface area contributed by atoms with Crippen molar-refractivity contribution in [1.29, 1.82) is 0 Å². The number of nitrogens with one attached hydrogen (secondary N) is 2. The van der Waals surface area contributed by atoms with Crippen LogP contribution in [0.25, 0.3) is 10.9 Å². The Labute approximate surface area is 186 Å². The molecule has 0 bridgehead atoms. The molecule has 0 spiro atoms. The number of pyridine rings is 1. The van der Waals surface area contributed by atoms with Crippen molar-refractivity contribution in [2.45, 2.75) is 49.5 Å². The van der Waals surface area contributed by atoms with Gasteiger partial charge in [-0.15, -0.1) is 0 Å².